The Hall–Kier alpha value is -3.13. The molecule has 5 nitrogen and oxygen atoms in total. The molecular weight excluding hydrogens is 447 g/mol. The van der Waals surface area contributed by atoms with Gasteiger partial charge in [-0.25, -0.2) is 4.79 Å². The average Bonchev–Trinajstić information content (AvgIpc) is 2.79. The van der Waals surface area contributed by atoms with Crippen molar-refractivity contribution in [1.82, 2.24) is 0 Å². The molecule has 2 aromatic rings. The van der Waals surface area contributed by atoms with Crippen LogP contribution in [0.4, 0.5) is 13.2 Å². The lowest BCUT2D eigenvalue weighted by Crippen LogP contribution is -2.30. The smallest absolute Gasteiger partial charge is 0.416 e. The number of ether oxygens (including phenoxy) is 3. The van der Waals surface area contributed by atoms with E-state index in [1.807, 2.05) is 0 Å². The number of methoxy groups -OCH3 is 1. The molecule has 0 spiro atoms. The number of carbonyl (C=O) groups excluding carboxylic acids is 1. The van der Waals surface area contributed by atoms with E-state index in [4.69, 9.17) is 19.6 Å². The van der Waals surface area contributed by atoms with Crippen molar-refractivity contribution in [3.05, 3.63) is 59.2 Å². The van der Waals surface area contributed by atoms with Gasteiger partial charge in [0.15, 0.2) is 6.10 Å². The Labute approximate surface area is 197 Å². The quantitative estimate of drug-likeness (QED) is 0.388. The fourth-order valence-electron chi connectivity index (χ4n) is 4.00. The average molecular weight is 476 g/mol. The lowest BCUT2D eigenvalue weighted by atomic mass is 9.84. The second kappa shape index (κ2) is 9.62. The molecule has 1 heterocycles. The second-order valence-corrected chi connectivity index (χ2v) is 9.02. The van der Waals surface area contributed by atoms with Gasteiger partial charge in [0, 0.05) is 11.8 Å². The molecular formula is C26H28F3NO4. The number of esters is 1. The van der Waals surface area contributed by atoms with Gasteiger partial charge in [-0.15, -0.1) is 0 Å². The number of fused-ring (bicyclic) bond motifs is 1. The molecule has 1 aliphatic heterocycles. The minimum atomic E-state index is -4.78. The van der Waals surface area contributed by atoms with E-state index < -0.39 is 29.4 Å². The van der Waals surface area contributed by atoms with Gasteiger partial charge in [-0.3, -0.25) is 0 Å². The summed E-state index contributed by atoms with van der Waals surface area (Å²) in [6.07, 6.45) is -3.99. The predicted octanol–water partition coefficient (Wildman–Crippen LogP) is 6.39. The van der Waals surface area contributed by atoms with Crippen molar-refractivity contribution < 1.29 is 32.2 Å². The van der Waals surface area contributed by atoms with Gasteiger partial charge >= 0.3 is 12.1 Å². The maximum Gasteiger partial charge on any atom is 0.416 e. The summed E-state index contributed by atoms with van der Waals surface area (Å²) >= 11 is 0. The summed E-state index contributed by atoms with van der Waals surface area (Å²) in [7, 11) is 1.10. The van der Waals surface area contributed by atoms with E-state index in [0.29, 0.717) is 29.9 Å². The summed E-state index contributed by atoms with van der Waals surface area (Å²) in [6.45, 7) is 9.35. The van der Waals surface area contributed by atoms with Crippen molar-refractivity contribution in [2.24, 2.45) is 0 Å². The third-order valence-electron chi connectivity index (χ3n) is 5.42. The molecule has 3 rings (SSSR count). The van der Waals surface area contributed by atoms with E-state index in [2.05, 4.69) is 6.58 Å². The Bertz CT molecular complexity index is 1120. The Morgan fingerprint density at radius 3 is 2.50 bits per heavy atom. The van der Waals surface area contributed by atoms with Gasteiger partial charge in [-0.1, -0.05) is 18.7 Å². The molecule has 34 heavy (non-hydrogen) atoms. The van der Waals surface area contributed by atoms with Gasteiger partial charge < -0.3 is 19.6 Å². The maximum absolute atomic E-state index is 14.3. The number of aryl methyl sites for hydroxylation is 1. The van der Waals surface area contributed by atoms with Crippen LogP contribution in [0.5, 0.6) is 5.75 Å². The number of allylic oxidation sites excluding steroid dienone is 1. The molecule has 0 amide bonds. The highest BCUT2D eigenvalue weighted by molar-refractivity contribution is 6.10. The van der Waals surface area contributed by atoms with Crippen molar-refractivity contribution in [2.75, 3.05) is 13.7 Å². The molecule has 1 aliphatic rings. The SMILES string of the molecule is C=C(C=N)c1ccc(C(F)(F)F)c(C(OC(C)(C)C)C(=O)OC)c1-c1ccc2c(c1)CCCO2. The van der Waals surface area contributed by atoms with E-state index in [9.17, 15) is 18.0 Å². The van der Waals surface area contributed by atoms with Crippen LogP contribution in [0.25, 0.3) is 16.7 Å². The number of hydrogen-bond donors (Lipinski definition) is 1. The van der Waals surface area contributed by atoms with Gasteiger partial charge in [-0.05, 0) is 79.6 Å². The zero-order chi connectivity index (χ0) is 25.3. The van der Waals surface area contributed by atoms with Crippen LogP contribution in [0, 0.1) is 5.41 Å². The number of rotatable bonds is 6. The van der Waals surface area contributed by atoms with Crippen molar-refractivity contribution >= 4 is 17.8 Å². The highest BCUT2D eigenvalue weighted by atomic mass is 19.4. The van der Waals surface area contributed by atoms with Crippen molar-refractivity contribution in [1.29, 1.82) is 5.41 Å². The van der Waals surface area contributed by atoms with Gasteiger partial charge in [0.25, 0.3) is 0 Å². The summed E-state index contributed by atoms with van der Waals surface area (Å²) in [5, 5.41) is 7.69. The van der Waals surface area contributed by atoms with Crippen LogP contribution in [0.2, 0.25) is 0 Å². The second-order valence-electron chi connectivity index (χ2n) is 9.02. The molecule has 1 N–H and O–H groups in total. The fraction of sp³-hybridized carbons (Fsp3) is 0.385. The summed E-state index contributed by atoms with van der Waals surface area (Å²) in [5.41, 5.74) is -0.448. The molecule has 0 saturated carbocycles. The number of carbonyl (C=O) groups is 1. The molecule has 8 heteroatoms. The summed E-state index contributed by atoms with van der Waals surface area (Å²) in [6, 6.07) is 7.29. The van der Waals surface area contributed by atoms with E-state index in [1.165, 1.54) is 6.07 Å². The van der Waals surface area contributed by atoms with E-state index in [0.717, 1.165) is 31.4 Å². The van der Waals surface area contributed by atoms with E-state index in [-0.39, 0.29) is 16.7 Å². The molecule has 0 saturated heterocycles. The first-order valence-corrected chi connectivity index (χ1v) is 10.8. The predicted molar refractivity (Wildman–Crippen MR) is 124 cm³/mol. The van der Waals surface area contributed by atoms with E-state index >= 15 is 0 Å². The van der Waals surface area contributed by atoms with Crippen molar-refractivity contribution in [2.45, 2.75) is 51.5 Å². The van der Waals surface area contributed by atoms with Crippen molar-refractivity contribution in [3.63, 3.8) is 0 Å². The zero-order valence-corrected chi connectivity index (χ0v) is 19.6. The normalized spacial score (nSPS) is 14.6. The highest BCUT2D eigenvalue weighted by Gasteiger charge is 2.42. The van der Waals surface area contributed by atoms with Gasteiger partial charge in [-0.2, -0.15) is 13.2 Å². The topological polar surface area (TPSA) is 68.6 Å². The molecule has 0 fully saturated rings. The van der Waals surface area contributed by atoms with Gasteiger partial charge in [0.1, 0.15) is 5.75 Å². The Kier molecular flexibility index (Phi) is 7.21. The van der Waals surface area contributed by atoms with Crippen LogP contribution in [-0.2, 0) is 26.9 Å². The number of halogens is 3. The molecule has 2 aromatic carbocycles. The first kappa shape index (κ1) is 25.5. The highest BCUT2D eigenvalue weighted by Crippen LogP contribution is 2.46. The molecule has 0 radical (unpaired) electrons. The van der Waals surface area contributed by atoms with Gasteiger partial charge in [0.05, 0.1) is 24.9 Å². The van der Waals surface area contributed by atoms with Crippen LogP contribution >= 0.6 is 0 Å². The molecule has 1 atom stereocenters. The zero-order valence-electron chi connectivity index (χ0n) is 19.6. The number of hydrogen-bond acceptors (Lipinski definition) is 5. The van der Waals surface area contributed by atoms with Crippen LogP contribution in [-0.4, -0.2) is 31.5 Å². The molecule has 0 aromatic heterocycles. The van der Waals surface area contributed by atoms with E-state index in [1.54, 1.807) is 39.0 Å². The lowest BCUT2D eigenvalue weighted by Gasteiger charge is -2.31. The molecule has 1 unspecified atom stereocenters. The molecule has 0 bridgehead atoms. The summed E-state index contributed by atoms with van der Waals surface area (Å²) in [5.74, 6) is -0.285. The monoisotopic (exact) mass is 475 g/mol. The minimum absolute atomic E-state index is 0.122. The number of alkyl halides is 3. The number of nitrogens with one attached hydrogen (secondary N) is 1. The standard InChI is InChI=1S/C26H28F3NO4/c1-15(14-30)18-9-10-19(26(27,28)29)22(23(24(31)32-5)34-25(2,3)4)21(18)17-8-11-20-16(13-17)7-6-12-33-20/h8-11,13-14,23,30H,1,6-7,12H2,2-5H3. The lowest BCUT2D eigenvalue weighted by molar-refractivity contribution is -0.166. The fourth-order valence-corrected chi connectivity index (χ4v) is 4.00. The molecule has 0 aliphatic carbocycles. The minimum Gasteiger partial charge on any atom is -0.493 e. The summed E-state index contributed by atoms with van der Waals surface area (Å²) in [4.78, 5) is 12.8. The maximum atomic E-state index is 14.3. The van der Waals surface area contributed by atoms with Crippen LogP contribution in [0.15, 0.2) is 36.9 Å². The third kappa shape index (κ3) is 5.33. The van der Waals surface area contributed by atoms with Crippen molar-refractivity contribution in [3.8, 4) is 16.9 Å². The first-order valence-electron chi connectivity index (χ1n) is 10.8. The third-order valence-corrected chi connectivity index (χ3v) is 5.42. The van der Waals surface area contributed by atoms with Gasteiger partial charge in [0.2, 0.25) is 0 Å². The van der Waals surface area contributed by atoms with Crippen LogP contribution < -0.4 is 4.74 Å². The Morgan fingerprint density at radius 2 is 1.91 bits per heavy atom. The van der Waals surface area contributed by atoms with Crippen LogP contribution in [0.3, 0.4) is 0 Å². The summed E-state index contributed by atoms with van der Waals surface area (Å²) < 4.78 is 59.3. The Morgan fingerprint density at radius 1 is 1.21 bits per heavy atom. The Balaban J connectivity index is 2.44. The molecule has 182 valence electrons. The van der Waals surface area contributed by atoms with Crippen LogP contribution in [0.1, 0.15) is 55.5 Å². The largest absolute Gasteiger partial charge is 0.493 e. The first-order chi connectivity index (χ1) is 15.9. The number of benzene rings is 2.